The van der Waals surface area contributed by atoms with E-state index in [1.54, 1.807) is 0 Å². The van der Waals surface area contributed by atoms with E-state index in [0.717, 1.165) is 37.4 Å². The van der Waals surface area contributed by atoms with Gasteiger partial charge in [-0.1, -0.05) is 0 Å². The second-order valence-electron chi connectivity index (χ2n) is 4.12. The highest BCUT2D eigenvalue weighted by Crippen LogP contribution is 2.32. The van der Waals surface area contributed by atoms with Crippen molar-refractivity contribution in [2.24, 2.45) is 5.73 Å². The highest BCUT2D eigenvalue weighted by molar-refractivity contribution is 5.21. The van der Waals surface area contributed by atoms with Crippen LogP contribution < -0.4 is 5.73 Å². The third-order valence-corrected chi connectivity index (χ3v) is 3.23. The minimum Gasteiger partial charge on any atom is -0.381 e. The van der Waals surface area contributed by atoms with Gasteiger partial charge in [-0.25, -0.2) is 9.97 Å². The molecule has 0 radical (unpaired) electrons. The molecule has 0 atom stereocenters. The summed E-state index contributed by atoms with van der Waals surface area (Å²) in [5, 5.41) is 0. The van der Waals surface area contributed by atoms with Gasteiger partial charge in [0.2, 0.25) is 0 Å². The lowest BCUT2D eigenvalue weighted by Gasteiger charge is -2.36. The summed E-state index contributed by atoms with van der Waals surface area (Å²) < 4.78 is 5.38. The molecule has 2 heterocycles. The Morgan fingerprint density at radius 2 is 1.93 bits per heavy atom. The van der Waals surface area contributed by atoms with Gasteiger partial charge in [0, 0.05) is 37.6 Å². The lowest BCUT2D eigenvalue weighted by Crippen LogP contribution is -2.40. The van der Waals surface area contributed by atoms with Crippen molar-refractivity contribution in [3.8, 4) is 0 Å². The normalized spacial score (nSPS) is 20.1. The average molecular weight is 207 g/mol. The molecule has 4 heteroatoms. The predicted molar refractivity (Wildman–Crippen MR) is 57.6 cm³/mol. The van der Waals surface area contributed by atoms with Crippen LogP contribution >= 0.6 is 0 Å². The molecule has 2 rings (SSSR count). The topological polar surface area (TPSA) is 61.0 Å². The van der Waals surface area contributed by atoms with E-state index >= 15 is 0 Å². The highest BCUT2D eigenvalue weighted by Gasteiger charge is 2.33. The Bertz CT molecular complexity index is 317. The Morgan fingerprint density at radius 3 is 2.47 bits per heavy atom. The van der Waals surface area contributed by atoms with E-state index < -0.39 is 0 Å². The van der Waals surface area contributed by atoms with Gasteiger partial charge in [-0.3, -0.25) is 0 Å². The van der Waals surface area contributed by atoms with Crippen LogP contribution in [0.4, 0.5) is 0 Å². The molecule has 1 aliphatic rings. The Balaban J connectivity index is 2.28. The van der Waals surface area contributed by atoms with E-state index in [0.29, 0.717) is 6.54 Å². The van der Waals surface area contributed by atoms with Gasteiger partial charge in [0.05, 0.1) is 0 Å². The van der Waals surface area contributed by atoms with Crippen molar-refractivity contribution in [3.63, 3.8) is 0 Å². The molecule has 0 aromatic carbocycles. The SMILES string of the molecule is Cc1ncc(C2(CN)CCOCC2)cn1. The molecular formula is C11H17N3O. The van der Waals surface area contributed by atoms with E-state index in [-0.39, 0.29) is 5.41 Å². The minimum atomic E-state index is 0.0337. The molecule has 0 amide bonds. The molecule has 2 N–H and O–H groups in total. The van der Waals surface area contributed by atoms with E-state index in [1.807, 2.05) is 19.3 Å². The van der Waals surface area contributed by atoms with Gasteiger partial charge in [-0.05, 0) is 25.3 Å². The van der Waals surface area contributed by atoms with Crippen molar-refractivity contribution < 1.29 is 4.74 Å². The summed E-state index contributed by atoms with van der Waals surface area (Å²) in [4.78, 5) is 8.48. The first-order chi connectivity index (χ1) is 7.27. The molecule has 1 fully saturated rings. The lowest BCUT2D eigenvalue weighted by molar-refractivity contribution is 0.0527. The zero-order valence-electron chi connectivity index (χ0n) is 9.07. The lowest BCUT2D eigenvalue weighted by atomic mass is 9.75. The summed E-state index contributed by atoms with van der Waals surface area (Å²) in [6.07, 6.45) is 5.74. The van der Waals surface area contributed by atoms with Crippen LogP contribution in [-0.4, -0.2) is 29.7 Å². The first kappa shape index (κ1) is 10.5. The summed E-state index contributed by atoms with van der Waals surface area (Å²) in [7, 11) is 0. The zero-order valence-corrected chi connectivity index (χ0v) is 9.07. The molecule has 1 aromatic rings. The summed E-state index contributed by atoms with van der Waals surface area (Å²) in [6, 6.07) is 0. The minimum absolute atomic E-state index is 0.0337. The van der Waals surface area contributed by atoms with Crippen molar-refractivity contribution in [2.75, 3.05) is 19.8 Å². The van der Waals surface area contributed by atoms with Crippen LogP contribution in [0.25, 0.3) is 0 Å². The molecule has 1 aromatic heterocycles. The van der Waals surface area contributed by atoms with Gasteiger partial charge in [0.15, 0.2) is 0 Å². The quantitative estimate of drug-likeness (QED) is 0.779. The first-order valence-corrected chi connectivity index (χ1v) is 5.34. The van der Waals surface area contributed by atoms with Crippen LogP contribution in [0.5, 0.6) is 0 Å². The number of hydrogen-bond acceptors (Lipinski definition) is 4. The molecule has 4 nitrogen and oxygen atoms in total. The maximum Gasteiger partial charge on any atom is 0.125 e. The average Bonchev–Trinajstić information content (AvgIpc) is 2.31. The second kappa shape index (κ2) is 4.24. The number of ether oxygens (including phenoxy) is 1. The number of nitrogens with two attached hydrogens (primary N) is 1. The van der Waals surface area contributed by atoms with Gasteiger partial charge in [0.1, 0.15) is 5.82 Å². The monoisotopic (exact) mass is 207 g/mol. The Hall–Kier alpha value is -1.00. The molecule has 15 heavy (non-hydrogen) atoms. The molecular weight excluding hydrogens is 190 g/mol. The molecule has 0 spiro atoms. The third kappa shape index (κ3) is 2.01. The van der Waals surface area contributed by atoms with Gasteiger partial charge in [-0.2, -0.15) is 0 Å². The first-order valence-electron chi connectivity index (χ1n) is 5.34. The number of rotatable bonds is 2. The van der Waals surface area contributed by atoms with Crippen molar-refractivity contribution in [3.05, 3.63) is 23.8 Å². The molecule has 0 saturated carbocycles. The molecule has 0 aliphatic carbocycles. The van der Waals surface area contributed by atoms with E-state index in [4.69, 9.17) is 10.5 Å². The number of aromatic nitrogens is 2. The number of nitrogens with zero attached hydrogens (tertiary/aromatic N) is 2. The number of aryl methyl sites for hydroxylation is 1. The maximum absolute atomic E-state index is 5.90. The van der Waals surface area contributed by atoms with Crippen molar-refractivity contribution >= 4 is 0 Å². The fraction of sp³-hybridized carbons (Fsp3) is 0.636. The molecule has 1 aliphatic heterocycles. The third-order valence-electron chi connectivity index (χ3n) is 3.23. The maximum atomic E-state index is 5.90. The van der Waals surface area contributed by atoms with Crippen molar-refractivity contribution in [1.29, 1.82) is 0 Å². The Morgan fingerprint density at radius 1 is 1.33 bits per heavy atom. The van der Waals surface area contributed by atoms with E-state index in [9.17, 15) is 0 Å². The van der Waals surface area contributed by atoms with Crippen LogP contribution in [0.3, 0.4) is 0 Å². The standard InChI is InChI=1S/C11H17N3O/c1-9-13-6-10(7-14-9)11(8-12)2-4-15-5-3-11/h6-7H,2-5,8,12H2,1H3. The summed E-state index contributed by atoms with van der Waals surface area (Å²) >= 11 is 0. The van der Waals surface area contributed by atoms with Crippen LogP contribution in [-0.2, 0) is 10.2 Å². The predicted octanol–water partition coefficient (Wildman–Crippen LogP) is 0.792. The van der Waals surface area contributed by atoms with Gasteiger partial charge in [0.25, 0.3) is 0 Å². The largest absolute Gasteiger partial charge is 0.381 e. The van der Waals surface area contributed by atoms with Crippen LogP contribution in [0.15, 0.2) is 12.4 Å². The summed E-state index contributed by atoms with van der Waals surface area (Å²) in [5.74, 6) is 0.804. The Labute approximate surface area is 89.9 Å². The van der Waals surface area contributed by atoms with Crippen molar-refractivity contribution in [2.45, 2.75) is 25.2 Å². The fourth-order valence-electron chi connectivity index (χ4n) is 2.04. The van der Waals surface area contributed by atoms with Crippen LogP contribution in [0, 0.1) is 6.92 Å². The van der Waals surface area contributed by atoms with Crippen LogP contribution in [0.1, 0.15) is 24.2 Å². The highest BCUT2D eigenvalue weighted by atomic mass is 16.5. The zero-order chi connectivity index (χ0) is 10.7. The molecule has 0 bridgehead atoms. The van der Waals surface area contributed by atoms with Gasteiger partial charge < -0.3 is 10.5 Å². The number of hydrogen-bond donors (Lipinski definition) is 1. The summed E-state index contributed by atoms with van der Waals surface area (Å²) in [5.41, 5.74) is 7.08. The van der Waals surface area contributed by atoms with Crippen molar-refractivity contribution in [1.82, 2.24) is 9.97 Å². The molecule has 1 saturated heterocycles. The van der Waals surface area contributed by atoms with Gasteiger partial charge in [-0.15, -0.1) is 0 Å². The second-order valence-corrected chi connectivity index (χ2v) is 4.12. The van der Waals surface area contributed by atoms with Crippen LogP contribution in [0.2, 0.25) is 0 Å². The summed E-state index contributed by atoms with van der Waals surface area (Å²) in [6.45, 7) is 4.10. The fourth-order valence-corrected chi connectivity index (χ4v) is 2.04. The smallest absolute Gasteiger partial charge is 0.125 e. The van der Waals surface area contributed by atoms with Gasteiger partial charge >= 0.3 is 0 Å². The molecule has 82 valence electrons. The van der Waals surface area contributed by atoms with E-state index in [2.05, 4.69) is 9.97 Å². The Kier molecular flexibility index (Phi) is 2.98. The molecule has 0 unspecified atom stereocenters. The van der Waals surface area contributed by atoms with E-state index in [1.165, 1.54) is 0 Å².